The molecule has 0 saturated heterocycles. The second-order valence-electron chi connectivity index (χ2n) is 4.34. The number of nitrogens with one attached hydrogen (secondary N) is 1. The van der Waals surface area contributed by atoms with Gasteiger partial charge in [-0.15, -0.1) is 0 Å². The van der Waals surface area contributed by atoms with Crippen molar-refractivity contribution in [1.82, 2.24) is 9.97 Å². The Balaban J connectivity index is 2.08. The van der Waals surface area contributed by atoms with Crippen molar-refractivity contribution in [1.29, 1.82) is 0 Å². The molecule has 0 aliphatic carbocycles. The number of aromatic nitrogens is 2. The molecule has 0 atom stereocenters. The summed E-state index contributed by atoms with van der Waals surface area (Å²) < 4.78 is 34.6. The number of ether oxygens (including phenoxy) is 2. The van der Waals surface area contributed by atoms with Crippen LogP contribution in [0.1, 0.15) is 0 Å². The predicted octanol–water partition coefficient (Wildman–Crippen LogP) is 3.84. The maximum absolute atomic E-state index is 12.5. The lowest BCUT2D eigenvalue weighted by atomic mass is 10.2. The summed E-state index contributed by atoms with van der Waals surface area (Å²) in [6.45, 7) is -2.88. The average molecular weight is 290 g/mol. The van der Waals surface area contributed by atoms with Crippen LogP contribution in [0, 0.1) is 0 Å². The Morgan fingerprint density at radius 3 is 2.71 bits per heavy atom. The van der Waals surface area contributed by atoms with E-state index < -0.39 is 6.61 Å². The minimum atomic E-state index is -2.88. The van der Waals surface area contributed by atoms with Crippen molar-refractivity contribution in [3.8, 4) is 22.9 Å². The Hall–Kier alpha value is -2.63. The first-order valence-electron chi connectivity index (χ1n) is 6.25. The van der Waals surface area contributed by atoms with E-state index in [1.165, 1.54) is 6.07 Å². The number of imidazole rings is 1. The molecule has 0 fully saturated rings. The van der Waals surface area contributed by atoms with Crippen molar-refractivity contribution >= 4 is 11.0 Å². The van der Waals surface area contributed by atoms with Crippen molar-refractivity contribution < 1.29 is 18.3 Å². The molecule has 6 heteroatoms. The van der Waals surface area contributed by atoms with Gasteiger partial charge in [-0.1, -0.05) is 12.1 Å². The van der Waals surface area contributed by atoms with E-state index in [4.69, 9.17) is 4.74 Å². The van der Waals surface area contributed by atoms with Crippen LogP contribution in [0.4, 0.5) is 8.78 Å². The molecule has 0 spiro atoms. The number of halogens is 2. The molecule has 0 bridgehead atoms. The number of alkyl halides is 2. The summed E-state index contributed by atoms with van der Waals surface area (Å²) in [6.07, 6.45) is 0. The molecule has 0 aliphatic heterocycles. The Morgan fingerprint density at radius 2 is 1.95 bits per heavy atom. The van der Waals surface area contributed by atoms with Crippen molar-refractivity contribution in [3.05, 3.63) is 42.5 Å². The standard InChI is InChI=1S/C15H12F2N2O2/c1-20-9-6-7-11-12(8-9)19-14(18-11)10-4-2-3-5-13(10)21-15(16)17/h2-8,15H,1H3,(H,18,19). The van der Waals surface area contributed by atoms with E-state index in [9.17, 15) is 8.78 Å². The molecule has 3 aromatic rings. The third kappa shape index (κ3) is 2.65. The smallest absolute Gasteiger partial charge is 0.387 e. The molecule has 3 rings (SSSR count). The topological polar surface area (TPSA) is 47.1 Å². The van der Waals surface area contributed by atoms with Crippen LogP contribution in [0.3, 0.4) is 0 Å². The van der Waals surface area contributed by atoms with E-state index in [2.05, 4.69) is 14.7 Å². The SMILES string of the molecule is COc1ccc2nc(-c3ccccc3OC(F)F)[nH]c2c1. The van der Waals surface area contributed by atoms with Gasteiger partial charge in [0.25, 0.3) is 0 Å². The van der Waals surface area contributed by atoms with Gasteiger partial charge in [-0.2, -0.15) is 8.78 Å². The number of nitrogens with zero attached hydrogens (tertiary/aromatic N) is 1. The molecule has 0 amide bonds. The molecule has 21 heavy (non-hydrogen) atoms. The average Bonchev–Trinajstić information content (AvgIpc) is 2.89. The number of aromatic amines is 1. The number of fused-ring (bicyclic) bond motifs is 1. The normalized spacial score (nSPS) is 11.0. The largest absolute Gasteiger partial charge is 0.497 e. The summed E-state index contributed by atoms with van der Waals surface area (Å²) in [5.74, 6) is 1.24. The predicted molar refractivity (Wildman–Crippen MR) is 74.7 cm³/mol. The number of para-hydroxylation sites is 1. The second-order valence-corrected chi connectivity index (χ2v) is 4.34. The van der Waals surface area contributed by atoms with Gasteiger partial charge in [0.1, 0.15) is 17.3 Å². The highest BCUT2D eigenvalue weighted by Gasteiger charge is 2.14. The minimum absolute atomic E-state index is 0.0820. The van der Waals surface area contributed by atoms with Crippen LogP contribution < -0.4 is 9.47 Å². The van der Waals surface area contributed by atoms with Gasteiger partial charge in [0.2, 0.25) is 0 Å². The zero-order valence-electron chi connectivity index (χ0n) is 11.1. The third-order valence-corrected chi connectivity index (χ3v) is 3.05. The Labute approximate surface area is 119 Å². The Bertz CT molecular complexity index is 771. The van der Waals surface area contributed by atoms with Gasteiger partial charge >= 0.3 is 6.61 Å². The first kappa shape index (κ1) is 13.4. The van der Waals surface area contributed by atoms with E-state index in [0.29, 0.717) is 17.1 Å². The molecule has 0 radical (unpaired) electrons. The van der Waals surface area contributed by atoms with Crippen LogP contribution in [0.15, 0.2) is 42.5 Å². The van der Waals surface area contributed by atoms with E-state index >= 15 is 0 Å². The number of methoxy groups -OCH3 is 1. The van der Waals surface area contributed by atoms with Gasteiger partial charge in [-0.05, 0) is 24.3 Å². The number of rotatable bonds is 4. The summed E-state index contributed by atoms with van der Waals surface area (Å²) in [7, 11) is 1.57. The first-order chi connectivity index (χ1) is 10.2. The zero-order chi connectivity index (χ0) is 14.8. The summed E-state index contributed by atoms with van der Waals surface area (Å²) in [4.78, 5) is 7.47. The maximum atomic E-state index is 12.5. The lowest BCUT2D eigenvalue weighted by Crippen LogP contribution is -2.03. The molecule has 0 saturated carbocycles. The highest BCUT2D eigenvalue weighted by molar-refractivity contribution is 5.81. The fraction of sp³-hybridized carbons (Fsp3) is 0.133. The zero-order valence-corrected chi connectivity index (χ0v) is 11.1. The van der Waals surface area contributed by atoms with Crippen LogP contribution in [0.5, 0.6) is 11.5 Å². The minimum Gasteiger partial charge on any atom is -0.497 e. The molecule has 1 heterocycles. The highest BCUT2D eigenvalue weighted by Crippen LogP contribution is 2.31. The molecule has 1 N–H and O–H groups in total. The molecular formula is C15H12F2N2O2. The molecule has 108 valence electrons. The Kier molecular flexibility index (Phi) is 3.43. The number of H-pyrrole nitrogens is 1. The first-order valence-corrected chi connectivity index (χ1v) is 6.25. The van der Waals surface area contributed by atoms with Crippen LogP contribution in [0.2, 0.25) is 0 Å². The van der Waals surface area contributed by atoms with Crippen molar-refractivity contribution in [2.24, 2.45) is 0 Å². The van der Waals surface area contributed by atoms with Gasteiger partial charge in [0, 0.05) is 6.07 Å². The van der Waals surface area contributed by atoms with E-state index in [1.807, 2.05) is 0 Å². The Morgan fingerprint density at radius 1 is 1.14 bits per heavy atom. The summed E-state index contributed by atoms with van der Waals surface area (Å²) in [6, 6.07) is 11.9. The van der Waals surface area contributed by atoms with Crippen LogP contribution >= 0.6 is 0 Å². The number of hydrogen-bond donors (Lipinski definition) is 1. The van der Waals surface area contributed by atoms with Crippen molar-refractivity contribution in [3.63, 3.8) is 0 Å². The van der Waals surface area contributed by atoms with Crippen molar-refractivity contribution in [2.45, 2.75) is 6.61 Å². The molecule has 1 aromatic heterocycles. The molecule has 2 aromatic carbocycles. The molecule has 0 unspecified atom stereocenters. The maximum Gasteiger partial charge on any atom is 0.387 e. The van der Waals surface area contributed by atoms with E-state index in [1.54, 1.807) is 43.5 Å². The van der Waals surface area contributed by atoms with Gasteiger partial charge in [0.05, 0.1) is 23.7 Å². The second kappa shape index (κ2) is 5.40. The van der Waals surface area contributed by atoms with Gasteiger partial charge in [-0.25, -0.2) is 4.98 Å². The van der Waals surface area contributed by atoms with Gasteiger partial charge < -0.3 is 14.5 Å². The number of hydrogen-bond acceptors (Lipinski definition) is 3. The quantitative estimate of drug-likeness (QED) is 0.794. The fourth-order valence-corrected chi connectivity index (χ4v) is 2.10. The number of benzene rings is 2. The van der Waals surface area contributed by atoms with Gasteiger partial charge in [0.15, 0.2) is 0 Å². The van der Waals surface area contributed by atoms with Gasteiger partial charge in [-0.3, -0.25) is 0 Å². The molecular weight excluding hydrogens is 278 g/mol. The molecule has 0 aliphatic rings. The monoisotopic (exact) mass is 290 g/mol. The van der Waals surface area contributed by atoms with Crippen molar-refractivity contribution in [2.75, 3.05) is 7.11 Å². The van der Waals surface area contributed by atoms with Crippen LogP contribution in [-0.2, 0) is 0 Å². The van der Waals surface area contributed by atoms with E-state index in [0.717, 1.165) is 11.0 Å². The summed E-state index contributed by atoms with van der Waals surface area (Å²) >= 11 is 0. The lowest BCUT2D eigenvalue weighted by Gasteiger charge is -2.08. The van der Waals surface area contributed by atoms with Crippen LogP contribution in [0.25, 0.3) is 22.4 Å². The van der Waals surface area contributed by atoms with Crippen LogP contribution in [-0.4, -0.2) is 23.7 Å². The summed E-state index contributed by atoms with van der Waals surface area (Å²) in [5.41, 5.74) is 1.96. The molecule has 4 nitrogen and oxygen atoms in total. The fourth-order valence-electron chi connectivity index (χ4n) is 2.10. The van der Waals surface area contributed by atoms with E-state index in [-0.39, 0.29) is 5.75 Å². The third-order valence-electron chi connectivity index (χ3n) is 3.05. The highest BCUT2D eigenvalue weighted by atomic mass is 19.3. The summed E-state index contributed by atoms with van der Waals surface area (Å²) in [5, 5.41) is 0. The lowest BCUT2D eigenvalue weighted by molar-refractivity contribution is -0.0494.